The molecule has 1 unspecified atom stereocenters. The Balaban J connectivity index is 1.96. The van der Waals surface area contributed by atoms with Gasteiger partial charge >= 0.3 is 5.97 Å². The van der Waals surface area contributed by atoms with Crippen LogP contribution < -0.4 is 15.8 Å². The molecule has 2 aromatic rings. The van der Waals surface area contributed by atoms with Crippen LogP contribution >= 0.6 is 0 Å². The lowest BCUT2D eigenvalue weighted by Gasteiger charge is -2.14. The van der Waals surface area contributed by atoms with Crippen molar-refractivity contribution in [3.05, 3.63) is 65.2 Å². The second-order valence-electron chi connectivity index (χ2n) is 5.94. The van der Waals surface area contributed by atoms with E-state index in [4.69, 9.17) is 15.9 Å². The molecule has 4 N–H and O–H groups in total. The number of amides is 1. The number of hydrogen-bond donors (Lipinski definition) is 3. The maximum atomic E-state index is 12.5. The van der Waals surface area contributed by atoms with Crippen LogP contribution in [0.5, 0.6) is 5.75 Å². The lowest BCUT2D eigenvalue weighted by atomic mass is 10.0. The van der Waals surface area contributed by atoms with Gasteiger partial charge in [-0.15, -0.1) is 0 Å². The van der Waals surface area contributed by atoms with Crippen molar-refractivity contribution in [3.8, 4) is 5.75 Å². The number of amidine groups is 1. The molecule has 0 aromatic heterocycles. The Labute approximate surface area is 162 Å². The molecule has 0 spiro atoms. The predicted octanol–water partition coefficient (Wildman–Crippen LogP) is 1.52. The number of rotatable bonds is 8. The molecule has 0 fully saturated rings. The molecule has 0 aliphatic rings. The molecule has 1 atom stereocenters. The molecule has 146 valence electrons. The summed E-state index contributed by atoms with van der Waals surface area (Å²) >= 11 is 0. The highest BCUT2D eigenvalue weighted by molar-refractivity contribution is 6.04. The number of ether oxygens (including phenoxy) is 2. The summed E-state index contributed by atoms with van der Waals surface area (Å²) in [5.41, 5.74) is 6.64. The summed E-state index contributed by atoms with van der Waals surface area (Å²) in [7, 11) is 1.26. The predicted molar refractivity (Wildman–Crippen MR) is 103 cm³/mol. The molecule has 0 heterocycles. The fourth-order valence-corrected chi connectivity index (χ4v) is 2.31. The second-order valence-corrected chi connectivity index (χ2v) is 5.94. The summed E-state index contributed by atoms with van der Waals surface area (Å²) in [5.74, 6) is -0.853. The minimum atomic E-state index is -0.748. The Bertz CT molecular complexity index is 876. The van der Waals surface area contributed by atoms with Crippen molar-refractivity contribution in [1.82, 2.24) is 5.32 Å². The number of carbonyl (C=O) groups excluding carboxylic acids is 3. The molecule has 0 saturated heterocycles. The average molecular weight is 383 g/mol. The first-order valence-electron chi connectivity index (χ1n) is 8.41. The third-order valence-corrected chi connectivity index (χ3v) is 3.92. The minimum absolute atomic E-state index is 0.0884. The van der Waals surface area contributed by atoms with Crippen molar-refractivity contribution < 1.29 is 23.9 Å². The van der Waals surface area contributed by atoms with E-state index in [0.29, 0.717) is 22.4 Å². The highest BCUT2D eigenvalue weighted by Crippen LogP contribution is 2.14. The first kappa shape index (κ1) is 20.6. The van der Waals surface area contributed by atoms with E-state index in [1.807, 2.05) is 0 Å². The molecule has 0 aliphatic heterocycles. The zero-order valence-corrected chi connectivity index (χ0v) is 15.5. The number of carbonyl (C=O) groups is 3. The van der Waals surface area contributed by atoms with E-state index in [-0.39, 0.29) is 18.2 Å². The van der Waals surface area contributed by atoms with Crippen LogP contribution in [0.4, 0.5) is 0 Å². The number of nitrogen functional groups attached to an aromatic ring is 1. The maximum absolute atomic E-state index is 12.5. The van der Waals surface area contributed by atoms with Crippen LogP contribution in [0.25, 0.3) is 0 Å². The van der Waals surface area contributed by atoms with Crippen LogP contribution in [-0.2, 0) is 9.53 Å². The quantitative estimate of drug-likeness (QED) is 0.274. The van der Waals surface area contributed by atoms with Crippen LogP contribution in [0.3, 0.4) is 0 Å². The summed E-state index contributed by atoms with van der Waals surface area (Å²) < 4.78 is 9.71. The molecule has 0 bridgehead atoms. The first-order chi connectivity index (χ1) is 13.3. The maximum Gasteiger partial charge on any atom is 0.343 e. The average Bonchev–Trinajstić information content (AvgIpc) is 2.71. The summed E-state index contributed by atoms with van der Waals surface area (Å²) in [4.78, 5) is 35.9. The van der Waals surface area contributed by atoms with E-state index >= 15 is 0 Å². The fourth-order valence-electron chi connectivity index (χ4n) is 2.31. The van der Waals surface area contributed by atoms with Crippen LogP contribution in [0.15, 0.2) is 48.5 Å². The van der Waals surface area contributed by atoms with Crippen molar-refractivity contribution in [2.75, 3.05) is 13.7 Å². The van der Waals surface area contributed by atoms with Crippen LogP contribution in [-0.4, -0.2) is 43.3 Å². The number of esters is 1. The first-order valence-corrected chi connectivity index (χ1v) is 8.41. The molecular formula is C20H21N3O5. The number of methoxy groups -OCH3 is 1. The van der Waals surface area contributed by atoms with E-state index in [9.17, 15) is 14.4 Å². The SMILES string of the molecule is COC(=O)COc1ccc(C(=O)C(C)NC(=O)c2ccc(C(=N)N)cc2)cc1. The number of nitrogens with two attached hydrogens (primary N) is 1. The van der Waals surface area contributed by atoms with E-state index in [2.05, 4.69) is 10.1 Å². The van der Waals surface area contributed by atoms with Gasteiger partial charge in [-0.05, 0) is 43.3 Å². The lowest BCUT2D eigenvalue weighted by molar-refractivity contribution is -0.142. The van der Waals surface area contributed by atoms with Crippen LogP contribution in [0, 0.1) is 5.41 Å². The van der Waals surface area contributed by atoms with E-state index < -0.39 is 17.9 Å². The van der Waals surface area contributed by atoms with Gasteiger partial charge in [-0.3, -0.25) is 15.0 Å². The van der Waals surface area contributed by atoms with Gasteiger partial charge in [-0.1, -0.05) is 12.1 Å². The van der Waals surface area contributed by atoms with Gasteiger partial charge in [-0.25, -0.2) is 4.79 Å². The Morgan fingerprint density at radius 2 is 1.54 bits per heavy atom. The van der Waals surface area contributed by atoms with Gasteiger partial charge in [0.2, 0.25) is 0 Å². The van der Waals surface area contributed by atoms with Gasteiger partial charge in [-0.2, -0.15) is 0 Å². The van der Waals surface area contributed by atoms with Crippen molar-refractivity contribution in [2.24, 2.45) is 5.73 Å². The normalized spacial score (nSPS) is 11.2. The van der Waals surface area contributed by atoms with E-state index in [1.54, 1.807) is 43.3 Å². The Hall–Kier alpha value is -3.68. The molecule has 0 aliphatic carbocycles. The van der Waals surface area contributed by atoms with Crippen molar-refractivity contribution >= 4 is 23.5 Å². The smallest absolute Gasteiger partial charge is 0.343 e. The summed E-state index contributed by atoms with van der Waals surface area (Å²) in [6, 6.07) is 11.7. The van der Waals surface area contributed by atoms with Gasteiger partial charge in [0.05, 0.1) is 13.2 Å². The lowest BCUT2D eigenvalue weighted by Crippen LogP contribution is -2.38. The Kier molecular flexibility index (Phi) is 6.86. The molecule has 0 saturated carbocycles. The van der Waals surface area contributed by atoms with Gasteiger partial charge in [0.25, 0.3) is 5.91 Å². The molecule has 2 rings (SSSR count). The van der Waals surface area contributed by atoms with Gasteiger partial charge in [0, 0.05) is 16.7 Å². The monoisotopic (exact) mass is 383 g/mol. The number of benzene rings is 2. The summed E-state index contributed by atoms with van der Waals surface area (Å²) in [6.07, 6.45) is 0. The largest absolute Gasteiger partial charge is 0.482 e. The van der Waals surface area contributed by atoms with E-state index in [0.717, 1.165) is 0 Å². The highest BCUT2D eigenvalue weighted by Gasteiger charge is 2.18. The number of Topliss-reactive ketones (excluding diaryl/α,β-unsaturated/α-hetero) is 1. The van der Waals surface area contributed by atoms with Gasteiger partial charge in [0.1, 0.15) is 11.6 Å². The third kappa shape index (κ3) is 5.41. The standard InChI is InChI=1S/C20H21N3O5/c1-12(23-20(26)15-5-3-14(4-6-15)19(21)22)18(25)13-7-9-16(10-8-13)28-11-17(24)27-2/h3-10,12H,11H2,1-2H3,(H3,21,22)(H,23,26). The molecule has 0 radical (unpaired) electrons. The number of hydrogen-bond acceptors (Lipinski definition) is 6. The van der Waals surface area contributed by atoms with E-state index in [1.165, 1.54) is 19.2 Å². The minimum Gasteiger partial charge on any atom is -0.482 e. The number of nitrogens with one attached hydrogen (secondary N) is 2. The molecular weight excluding hydrogens is 362 g/mol. The molecule has 1 amide bonds. The Morgan fingerprint density at radius 3 is 2.07 bits per heavy atom. The van der Waals surface area contributed by atoms with Crippen molar-refractivity contribution in [3.63, 3.8) is 0 Å². The second kappa shape index (κ2) is 9.31. The van der Waals surface area contributed by atoms with Gasteiger partial charge in [0.15, 0.2) is 12.4 Å². The topological polar surface area (TPSA) is 132 Å². The summed E-state index contributed by atoms with van der Waals surface area (Å²) in [6.45, 7) is 1.37. The van der Waals surface area contributed by atoms with Crippen LogP contribution in [0.2, 0.25) is 0 Å². The van der Waals surface area contributed by atoms with Crippen LogP contribution in [0.1, 0.15) is 33.2 Å². The molecule has 2 aromatic carbocycles. The van der Waals surface area contributed by atoms with Crippen molar-refractivity contribution in [2.45, 2.75) is 13.0 Å². The summed E-state index contributed by atoms with van der Waals surface area (Å²) in [5, 5.41) is 9.99. The fraction of sp³-hybridized carbons (Fsp3) is 0.200. The Morgan fingerprint density at radius 1 is 1.00 bits per heavy atom. The zero-order chi connectivity index (χ0) is 20.7. The zero-order valence-electron chi connectivity index (χ0n) is 15.5. The third-order valence-electron chi connectivity index (χ3n) is 3.92. The number of ketones is 1. The van der Waals surface area contributed by atoms with Crippen molar-refractivity contribution in [1.29, 1.82) is 5.41 Å². The molecule has 8 nitrogen and oxygen atoms in total. The highest BCUT2D eigenvalue weighted by atomic mass is 16.6. The molecule has 28 heavy (non-hydrogen) atoms. The molecule has 8 heteroatoms. The van der Waals surface area contributed by atoms with Gasteiger partial charge < -0.3 is 20.5 Å².